The lowest BCUT2D eigenvalue weighted by atomic mass is 10.1. The molecule has 4 nitrogen and oxygen atoms in total. The van der Waals surface area contributed by atoms with E-state index in [1.807, 2.05) is 45.2 Å². The predicted molar refractivity (Wildman–Crippen MR) is 86.0 cm³/mol. The second-order valence-electron chi connectivity index (χ2n) is 3.55. The fourth-order valence-corrected chi connectivity index (χ4v) is 3.77. The van der Waals surface area contributed by atoms with Crippen LogP contribution in [0.25, 0.3) is 0 Å². The molecule has 0 atom stereocenters. The van der Waals surface area contributed by atoms with Crippen LogP contribution in [0.4, 0.5) is 0 Å². The van der Waals surface area contributed by atoms with Crippen LogP contribution in [0.1, 0.15) is 10.4 Å². The number of carbonyl (C=O) groups is 1. The Morgan fingerprint density at radius 2 is 2.00 bits per heavy atom. The average molecular weight is 486 g/mol. The van der Waals surface area contributed by atoms with Crippen molar-refractivity contribution >= 4 is 62.3 Å². The van der Waals surface area contributed by atoms with Crippen molar-refractivity contribution in [2.24, 2.45) is 0 Å². The molecule has 1 aromatic heterocycles. The summed E-state index contributed by atoms with van der Waals surface area (Å²) in [5, 5.41) is 19.0. The van der Waals surface area contributed by atoms with Crippen LogP contribution in [0, 0.1) is 12.5 Å². The average Bonchev–Trinajstić information content (AvgIpc) is 2.71. The van der Waals surface area contributed by atoms with E-state index in [9.17, 15) is 9.90 Å². The highest BCUT2D eigenvalue weighted by Gasteiger charge is 2.12. The highest BCUT2D eigenvalue weighted by Crippen LogP contribution is 2.27. The standard InChI is InChI=1S/C11H8I2N2O2S/c12-7-3-6(4-8(13)10(7)17)9(16)5-15-1-2-18-11(15)14/h1-4,14,17H,5H2. The van der Waals surface area contributed by atoms with Gasteiger partial charge in [0.1, 0.15) is 5.75 Å². The third-order valence-electron chi connectivity index (χ3n) is 2.33. The number of ketones is 1. The maximum absolute atomic E-state index is 12.1. The van der Waals surface area contributed by atoms with Gasteiger partial charge in [0.15, 0.2) is 10.6 Å². The second-order valence-corrected chi connectivity index (χ2v) is 6.77. The minimum Gasteiger partial charge on any atom is -0.506 e. The van der Waals surface area contributed by atoms with Crippen molar-refractivity contribution in [3.8, 4) is 5.75 Å². The molecular formula is C11H8I2N2O2S. The number of hydrogen-bond donors (Lipinski definition) is 2. The molecule has 1 aromatic carbocycles. The molecule has 0 fully saturated rings. The summed E-state index contributed by atoms with van der Waals surface area (Å²) in [5.74, 6) is 0.139. The Bertz CT molecular complexity index is 640. The minimum absolute atomic E-state index is 0.0669. The number of carbonyl (C=O) groups excluding carboxylic acids is 1. The van der Waals surface area contributed by atoms with Gasteiger partial charge in [0.2, 0.25) is 0 Å². The zero-order valence-electron chi connectivity index (χ0n) is 8.98. The van der Waals surface area contributed by atoms with Crippen LogP contribution >= 0.6 is 56.5 Å². The quantitative estimate of drug-likeness (QED) is 0.518. The summed E-state index contributed by atoms with van der Waals surface area (Å²) in [6, 6.07) is 3.33. The molecule has 0 amide bonds. The molecule has 0 aliphatic carbocycles. The lowest BCUT2D eigenvalue weighted by Gasteiger charge is -2.06. The van der Waals surface area contributed by atoms with Crippen LogP contribution in [0.5, 0.6) is 5.75 Å². The van der Waals surface area contributed by atoms with Crippen LogP contribution in [0.2, 0.25) is 0 Å². The van der Waals surface area contributed by atoms with Crippen LogP contribution in [-0.4, -0.2) is 15.5 Å². The third kappa shape index (κ3) is 2.94. The zero-order chi connectivity index (χ0) is 13.3. The van der Waals surface area contributed by atoms with E-state index in [0.717, 1.165) is 0 Å². The number of thiazole rings is 1. The summed E-state index contributed by atoms with van der Waals surface area (Å²) in [7, 11) is 0. The Kier molecular flexibility index (Phi) is 4.43. The lowest BCUT2D eigenvalue weighted by Crippen LogP contribution is -2.18. The number of benzene rings is 1. The topological polar surface area (TPSA) is 66.1 Å². The Balaban J connectivity index is 2.30. The van der Waals surface area contributed by atoms with Gasteiger partial charge in [-0.3, -0.25) is 10.2 Å². The predicted octanol–water partition coefficient (Wildman–Crippen LogP) is 2.83. The van der Waals surface area contributed by atoms with E-state index in [4.69, 9.17) is 5.41 Å². The zero-order valence-corrected chi connectivity index (χ0v) is 14.1. The van der Waals surface area contributed by atoms with Gasteiger partial charge in [-0.05, 0) is 57.3 Å². The molecule has 7 heteroatoms. The molecule has 0 radical (unpaired) electrons. The van der Waals surface area contributed by atoms with Crippen LogP contribution in [-0.2, 0) is 6.54 Å². The number of hydrogen-bond acceptors (Lipinski definition) is 4. The fraction of sp³-hybridized carbons (Fsp3) is 0.0909. The van der Waals surface area contributed by atoms with Crippen molar-refractivity contribution in [3.63, 3.8) is 0 Å². The maximum Gasteiger partial charge on any atom is 0.182 e. The number of halogens is 2. The number of Topliss-reactive ketones (excluding diaryl/α,β-unsaturated/α-hetero) is 1. The molecule has 0 aliphatic rings. The van der Waals surface area contributed by atoms with Gasteiger partial charge in [-0.25, -0.2) is 0 Å². The normalized spacial score (nSPS) is 10.6. The molecule has 0 bridgehead atoms. The van der Waals surface area contributed by atoms with Gasteiger partial charge < -0.3 is 9.67 Å². The Hall–Kier alpha value is -0.420. The largest absolute Gasteiger partial charge is 0.506 e. The summed E-state index contributed by atoms with van der Waals surface area (Å²) in [4.78, 5) is 12.4. The van der Waals surface area contributed by atoms with Crippen molar-refractivity contribution in [1.82, 2.24) is 4.57 Å². The summed E-state index contributed by atoms with van der Waals surface area (Å²) in [6.07, 6.45) is 1.72. The summed E-state index contributed by atoms with van der Waals surface area (Å²) < 4.78 is 2.91. The number of phenolic OH excluding ortho intramolecular Hbond substituents is 1. The van der Waals surface area contributed by atoms with Gasteiger partial charge in [-0.2, -0.15) is 0 Å². The molecule has 2 rings (SSSR count). The number of nitrogens with one attached hydrogen (secondary N) is 1. The summed E-state index contributed by atoms with van der Waals surface area (Å²) >= 11 is 5.28. The monoisotopic (exact) mass is 486 g/mol. The number of nitrogens with zero attached hydrogens (tertiary/aromatic N) is 1. The first kappa shape index (κ1) is 14.0. The lowest BCUT2D eigenvalue weighted by molar-refractivity contribution is 0.0971. The van der Waals surface area contributed by atoms with E-state index in [1.165, 1.54) is 11.3 Å². The molecule has 0 unspecified atom stereocenters. The van der Waals surface area contributed by atoms with Gasteiger partial charge in [-0.15, -0.1) is 11.3 Å². The van der Waals surface area contributed by atoms with Gasteiger partial charge >= 0.3 is 0 Å². The first-order chi connectivity index (χ1) is 8.49. The minimum atomic E-state index is -0.0669. The van der Waals surface area contributed by atoms with E-state index >= 15 is 0 Å². The Labute approximate surface area is 134 Å². The van der Waals surface area contributed by atoms with Crippen LogP contribution < -0.4 is 4.80 Å². The highest BCUT2D eigenvalue weighted by molar-refractivity contribution is 14.1. The SMILES string of the molecule is N=c1sccn1CC(=O)c1cc(I)c(O)c(I)c1. The van der Waals surface area contributed by atoms with E-state index in [1.54, 1.807) is 28.3 Å². The van der Waals surface area contributed by atoms with Crippen LogP contribution in [0.15, 0.2) is 23.7 Å². The smallest absolute Gasteiger partial charge is 0.182 e. The van der Waals surface area contributed by atoms with E-state index in [2.05, 4.69) is 0 Å². The fourth-order valence-electron chi connectivity index (χ4n) is 1.40. The van der Waals surface area contributed by atoms with Gasteiger partial charge in [0, 0.05) is 17.1 Å². The molecule has 0 saturated carbocycles. The second kappa shape index (κ2) is 5.70. The van der Waals surface area contributed by atoms with Crippen molar-refractivity contribution in [3.05, 3.63) is 41.2 Å². The first-order valence-corrected chi connectivity index (χ1v) is 7.92. The van der Waals surface area contributed by atoms with E-state index in [0.29, 0.717) is 17.5 Å². The molecular weight excluding hydrogens is 478 g/mol. The first-order valence-electron chi connectivity index (χ1n) is 4.89. The number of rotatable bonds is 3. The maximum atomic E-state index is 12.1. The number of phenols is 1. The van der Waals surface area contributed by atoms with Crippen molar-refractivity contribution < 1.29 is 9.90 Å². The number of aromatic hydroxyl groups is 1. The van der Waals surface area contributed by atoms with E-state index < -0.39 is 0 Å². The van der Waals surface area contributed by atoms with Gasteiger partial charge in [-0.1, -0.05) is 0 Å². The molecule has 94 valence electrons. The summed E-state index contributed by atoms with van der Waals surface area (Å²) in [5.41, 5.74) is 0.555. The van der Waals surface area contributed by atoms with Gasteiger partial charge in [0.25, 0.3) is 0 Å². The van der Waals surface area contributed by atoms with Gasteiger partial charge in [0.05, 0.1) is 13.7 Å². The molecule has 18 heavy (non-hydrogen) atoms. The Morgan fingerprint density at radius 3 is 2.50 bits per heavy atom. The van der Waals surface area contributed by atoms with Crippen LogP contribution in [0.3, 0.4) is 0 Å². The van der Waals surface area contributed by atoms with E-state index in [-0.39, 0.29) is 18.1 Å². The Morgan fingerprint density at radius 1 is 1.39 bits per heavy atom. The van der Waals surface area contributed by atoms with Crippen molar-refractivity contribution in [1.29, 1.82) is 5.41 Å². The number of aromatic nitrogens is 1. The molecule has 2 N–H and O–H groups in total. The summed E-state index contributed by atoms with van der Waals surface area (Å²) in [6.45, 7) is 0.152. The molecule has 1 heterocycles. The van der Waals surface area contributed by atoms with Crippen molar-refractivity contribution in [2.75, 3.05) is 0 Å². The molecule has 0 aliphatic heterocycles. The molecule has 0 spiro atoms. The van der Waals surface area contributed by atoms with Crippen molar-refractivity contribution in [2.45, 2.75) is 6.54 Å². The third-order valence-corrected chi connectivity index (χ3v) is 4.69. The molecule has 0 saturated heterocycles. The molecule has 2 aromatic rings. The highest BCUT2D eigenvalue weighted by atomic mass is 127.